The van der Waals surface area contributed by atoms with Crippen molar-refractivity contribution in [3.05, 3.63) is 49.2 Å². The summed E-state index contributed by atoms with van der Waals surface area (Å²) in [5.74, 6) is 0.899. The Labute approximate surface area is 174 Å². The molecule has 4 aromatic rings. The third-order valence-corrected chi connectivity index (χ3v) is 5.87. The number of hydrogen-bond acceptors (Lipinski definition) is 6. The van der Waals surface area contributed by atoms with Crippen molar-refractivity contribution in [3.63, 3.8) is 0 Å². The first-order valence-corrected chi connectivity index (χ1v) is 10.7. The largest absolute Gasteiger partial charge is 0.366 e. The molecule has 0 radical (unpaired) electrons. The van der Waals surface area contributed by atoms with Crippen molar-refractivity contribution in [3.8, 4) is 22.6 Å². The lowest BCUT2D eigenvalue weighted by Gasteiger charge is -2.24. The standard InChI is InChI=1S/C22H24N8/c1-4-18(28-21(5-1)27-16-3-2-8-23-10-16)20-11-25-22-12-24-19(14-29(20)22)15-9-26-30(13-15)17-6-7-17/h1,4-5,9,11-14,16-17,23H,2-3,6-8,10H2,(H,27,28). The van der Waals surface area contributed by atoms with Gasteiger partial charge in [0.05, 0.1) is 41.7 Å². The minimum Gasteiger partial charge on any atom is -0.366 e. The molecule has 6 rings (SSSR count). The van der Waals surface area contributed by atoms with E-state index in [0.29, 0.717) is 12.1 Å². The van der Waals surface area contributed by atoms with E-state index >= 15 is 0 Å². The average molecular weight is 400 g/mol. The molecule has 2 fully saturated rings. The fourth-order valence-corrected chi connectivity index (χ4v) is 4.08. The van der Waals surface area contributed by atoms with Crippen LogP contribution >= 0.6 is 0 Å². The van der Waals surface area contributed by atoms with E-state index in [2.05, 4.69) is 36.3 Å². The average Bonchev–Trinajstić information content (AvgIpc) is 3.36. The molecule has 0 aromatic carbocycles. The fraction of sp³-hybridized carbons (Fsp3) is 0.364. The summed E-state index contributed by atoms with van der Waals surface area (Å²) in [6.45, 7) is 2.08. The van der Waals surface area contributed by atoms with Gasteiger partial charge in [-0.15, -0.1) is 0 Å². The number of rotatable bonds is 5. The molecule has 1 atom stereocenters. The molecule has 152 valence electrons. The van der Waals surface area contributed by atoms with Crippen molar-refractivity contribution in [1.82, 2.24) is 34.4 Å². The summed E-state index contributed by atoms with van der Waals surface area (Å²) >= 11 is 0. The lowest BCUT2D eigenvalue weighted by Crippen LogP contribution is -2.38. The van der Waals surface area contributed by atoms with E-state index in [1.54, 1.807) is 0 Å². The van der Waals surface area contributed by atoms with Crippen LogP contribution in [0.25, 0.3) is 28.3 Å². The van der Waals surface area contributed by atoms with Crippen molar-refractivity contribution < 1.29 is 0 Å². The maximum absolute atomic E-state index is 4.86. The summed E-state index contributed by atoms with van der Waals surface area (Å²) in [5.41, 5.74) is 4.56. The van der Waals surface area contributed by atoms with Crippen LogP contribution in [0, 0.1) is 0 Å². The Bertz CT molecular complexity index is 1180. The Kier molecular flexibility index (Phi) is 4.23. The Morgan fingerprint density at radius 2 is 1.97 bits per heavy atom. The van der Waals surface area contributed by atoms with Gasteiger partial charge in [0.15, 0.2) is 5.65 Å². The van der Waals surface area contributed by atoms with Crippen LogP contribution in [0.5, 0.6) is 0 Å². The van der Waals surface area contributed by atoms with Crippen LogP contribution < -0.4 is 10.6 Å². The quantitative estimate of drug-likeness (QED) is 0.535. The fourth-order valence-electron chi connectivity index (χ4n) is 4.08. The third-order valence-electron chi connectivity index (χ3n) is 5.87. The van der Waals surface area contributed by atoms with Gasteiger partial charge in [-0.2, -0.15) is 5.10 Å². The number of fused-ring (bicyclic) bond motifs is 1. The molecule has 2 N–H and O–H groups in total. The van der Waals surface area contributed by atoms with Crippen molar-refractivity contribution in [2.45, 2.75) is 37.8 Å². The summed E-state index contributed by atoms with van der Waals surface area (Å²) < 4.78 is 4.11. The highest BCUT2D eigenvalue weighted by Crippen LogP contribution is 2.35. The Morgan fingerprint density at radius 1 is 1.00 bits per heavy atom. The van der Waals surface area contributed by atoms with Gasteiger partial charge >= 0.3 is 0 Å². The number of imidazole rings is 1. The first-order chi connectivity index (χ1) is 14.8. The van der Waals surface area contributed by atoms with E-state index in [1.807, 2.05) is 47.7 Å². The van der Waals surface area contributed by atoms with E-state index in [1.165, 1.54) is 19.3 Å². The van der Waals surface area contributed by atoms with Gasteiger partial charge in [0.25, 0.3) is 0 Å². The zero-order chi connectivity index (χ0) is 19.9. The Balaban J connectivity index is 1.32. The molecule has 1 unspecified atom stereocenters. The Morgan fingerprint density at radius 3 is 2.83 bits per heavy atom. The van der Waals surface area contributed by atoms with Crippen molar-refractivity contribution >= 4 is 11.5 Å². The molecule has 0 amide bonds. The second kappa shape index (κ2) is 7.21. The predicted molar refractivity (Wildman–Crippen MR) is 115 cm³/mol. The van der Waals surface area contributed by atoms with E-state index in [0.717, 1.165) is 53.6 Å². The minimum atomic E-state index is 0.419. The lowest BCUT2D eigenvalue weighted by atomic mass is 10.1. The van der Waals surface area contributed by atoms with E-state index < -0.39 is 0 Å². The first-order valence-electron chi connectivity index (χ1n) is 10.7. The second-order valence-electron chi connectivity index (χ2n) is 8.18. The van der Waals surface area contributed by atoms with Crippen LogP contribution in [0.4, 0.5) is 5.82 Å². The first kappa shape index (κ1) is 17.6. The van der Waals surface area contributed by atoms with Gasteiger partial charge in [-0.25, -0.2) is 9.97 Å². The number of piperidine rings is 1. The van der Waals surface area contributed by atoms with Crippen LogP contribution in [0.2, 0.25) is 0 Å². The molecule has 4 aromatic heterocycles. The van der Waals surface area contributed by atoms with Crippen LogP contribution in [-0.2, 0) is 0 Å². The van der Waals surface area contributed by atoms with Crippen LogP contribution in [-0.4, -0.2) is 48.3 Å². The monoisotopic (exact) mass is 400 g/mol. The normalized spacial score (nSPS) is 19.3. The number of hydrogen-bond donors (Lipinski definition) is 2. The highest BCUT2D eigenvalue weighted by molar-refractivity contribution is 5.64. The number of nitrogens with one attached hydrogen (secondary N) is 2. The van der Waals surface area contributed by atoms with Gasteiger partial charge in [-0.3, -0.25) is 14.1 Å². The smallest absolute Gasteiger partial charge is 0.155 e. The number of aromatic nitrogens is 6. The predicted octanol–water partition coefficient (Wildman–Crippen LogP) is 3.15. The van der Waals surface area contributed by atoms with E-state index in [4.69, 9.17) is 4.98 Å². The SMILES string of the molecule is c1cc(NC2CCCNC2)nc(-c2cnc3cnc(-c4cnn(C5CC5)c4)cn23)c1. The van der Waals surface area contributed by atoms with Crippen molar-refractivity contribution in [1.29, 1.82) is 0 Å². The molecular formula is C22H24N8. The molecule has 1 aliphatic carbocycles. The van der Waals surface area contributed by atoms with Crippen molar-refractivity contribution in [2.24, 2.45) is 0 Å². The van der Waals surface area contributed by atoms with Gasteiger partial charge in [0, 0.05) is 30.5 Å². The maximum atomic E-state index is 4.86. The summed E-state index contributed by atoms with van der Waals surface area (Å²) in [6.07, 6.45) is 14.5. The maximum Gasteiger partial charge on any atom is 0.155 e. The van der Waals surface area contributed by atoms with Crippen LogP contribution in [0.3, 0.4) is 0 Å². The van der Waals surface area contributed by atoms with E-state index in [9.17, 15) is 0 Å². The number of anilines is 1. The summed E-state index contributed by atoms with van der Waals surface area (Å²) in [7, 11) is 0. The van der Waals surface area contributed by atoms with Gasteiger partial charge in [-0.1, -0.05) is 6.07 Å². The molecule has 1 saturated heterocycles. The summed E-state index contributed by atoms with van der Waals surface area (Å²) in [6, 6.07) is 7.08. The molecule has 2 aliphatic rings. The minimum absolute atomic E-state index is 0.419. The van der Waals surface area contributed by atoms with Gasteiger partial charge in [0.2, 0.25) is 0 Å². The molecule has 1 aliphatic heterocycles. The topological polar surface area (TPSA) is 85.0 Å². The molecule has 8 nitrogen and oxygen atoms in total. The number of pyridine rings is 1. The molecule has 0 bridgehead atoms. The second-order valence-corrected chi connectivity index (χ2v) is 8.18. The molecule has 30 heavy (non-hydrogen) atoms. The zero-order valence-corrected chi connectivity index (χ0v) is 16.7. The van der Waals surface area contributed by atoms with Gasteiger partial charge < -0.3 is 10.6 Å². The van der Waals surface area contributed by atoms with Crippen LogP contribution in [0.1, 0.15) is 31.7 Å². The molecule has 8 heteroatoms. The molecule has 5 heterocycles. The van der Waals surface area contributed by atoms with Gasteiger partial charge in [-0.05, 0) is 44.4 Å². The third kappa shape index (κ3) is 3.33. The van der Waals surface area contributed by atoms with Crippen molar-refractivity contribution in [2.75, 3.05) is 18.4 Å². The Hall–Kier alpha value is -3.26. The van der Waals surface area contributed by atoms with E-state index in [-0.39, 0.29) is 0 Å². The zero-order valence-electron chi connectivity index (χ0n) is 16.7. The highest BCUT2D eigenvalue weighted by atomic mass is 15.3. The van der Waals surface area contributed by atoms with Crippen LogP contribution in [0.15, 0.2) is 49.2 Å². The highest BCUT2D eigenvalue weighted by Gasteiger charge is 2.24. The summed E-state index contributed by atoms with van der Waals surface area (Å²) in [4.78, 5) is 14.0. The number of nitrogens with zero attached hydrogens (tertiary/aromatic N) is 6. The van der Waals surface area contributed by atoms with Gasteiger partial charge in [0.1, 0.15) is 5.82 Å². The molecule has 0 spiro atoms. The summed E-state index contributed by atoms with van der Waals surface area (Å²) in [5, 5.41) is 11.5. The molecular weight excluding hydrogens is 376 g/mol. The molecule has 1 saturated carbocycles. The lowest BCUT2D eigenvalue weighted by molar-refractivity contribution is 0.479.